The van der Waals surface area contributed by atoms with E-state index in [9.17, 15) is 36.3 Å². The van der Waals surface area contributed by atoms with Crippen molar-refractivity contribution in [1.29, 1.82) is 0 Å². The Morgan fingerprint density at radius 1 is 1.26 bits per heavy atom. The van der Waals surface area contributed by atoms with Crippen LogP contribution in [0.25, 0.3) is 0 Å². The van der Waals surface area contributed by atoms with Crippen LogP contribution in [0.5, 0.6) is 5.75 Å². The molecule has 1 aromatic carbocycles. The van der Waals surface area contributed by atoms with Crippen LogP contribution < -0.4 is 10.1 Å². The largest absolute Gasteiger partial charge is 0.490 e. The van der Waals surface area contributed by atoms with Gasteiger partial charge >= 0.3 is 6.18 Å². The highest BCUT2D eigenvalue weighted by Crippen LogP contribution is 2.29. The number of imidazole rings is 1. The fourth-order valence-electron chi connectivity index (χ4n) is 4.97. The topological polar surface area (TPSA) is 143 Å². The number of fused-ring (bicyclic) bond motifs is 1. The number of carbonyl (C=O) groups is 2. The van der Waals surface area contributed by atoms with Crippen LogP contribution in [0.3, 0.4) is 0 Å². The summed E-state index contributed by atoms with van der Waals surface area (Å²) in [5.74, 6) is -1.61. The molecule has 2 amide bonds. The third-order valence-electron chi connectivity index (χ3n) is 7.76. The van der Waals surface area contributed by atoms with Gasteiger partial charge in [-0.15, -0.1) is 0 Å². The van der Waals surface area contributed by atoms with Gasteiger partial charge in [0, 0.05) is 58.0 Å². The Balaban J connectivity index is 1.94. The van der Waals surface area contributed by atoms with E-state index in [1.54, 1.807) is 14.0 Å². The van der Waals surface area contributed by atoms with Crippen LogP contribution in [-0.2, 0) is 26.6 Å². The second kappa shape index (κ2) is 16.1. The molecule has 12 nitrogen and oxygen atoms in total. The highest BCUT2D eigenvalue weighted by atomic mass is 32.2. The molecule has 3 rings (SSSR count). The number of benzene rings is 1. The number of ether oxygens (including phenoxy) is 2. The number of aliphatic hydroxyl groups is 1. The Labute approximate surface area is 267 Å². The van der Waals surface area contributed by atoms with E-state index in [-0.39, 0.29) is 41.2 Å². The van der Waals surface area contributed by atoms with Crippen molar-refractivity contribution in [3.63, 3.8) is 0 Å². The summed E-state index contributed by atoms with van der Waals surface area (Å²) in [4.78, 5) is 31.8. The summed E-state index contributed by atoms with van der Waals surface area (Å²) >= 11 is 0. The standard InChI is InChI=1S/C30H44F3N5O7S/c1-20-15-38(21(2)18-39)29(41)24-14-23(35-27(40)11-12-30(31,32)33)9-10-25(24)45-22(3)8-6-7-13-44-26(20)16-37(5)46(42,43)28-17-36(4)19-34-28/h9-10,14,17,19-22,26,39H,6-8,11-13,15-16,18H2,1-5H3,(H,35,40)/t20-,21+,22+,26-/m1/s1. The second-order valence-electron chi connectivity index (χ2n) is 11.8. The highest BCUT2D eigenvalue weighted by Gasteiger charge is 2.33. The number of sulfonamides is 1. The maximum atomic E-state index is 14.1. The monoisotopic (exact) mass is 675 g/mol. The van der Waals surface area contributed by atoms with Crippen LogP contribution >= 0.6 is 0 Å². The fourth-order valence-corrected chi connectivity index (χ4v) is 6.12. The number of nitrogens with zero attached hydrogens (tertiary/aromatic N) is 4. The van der Waals surface area contributed by atoms with Crippen molar-refractivity contribution < 1.29 is 45.8 Å². The lowest BCUT2D eigenvalue weighted by atomic mass is 10.0. The predicted molar refractivity (Wildman–Crippen MR) is 164 cm³/mol. The minimum Gasteiger partial charge on any atom is -0.490 e. The van der Waals surface area contributed by atoms with Gasteiger partial charge in [-0.05, 0) is 51.3 Å². The zero-order valence-corrected chi connectivity index (χ0v) is 27.6. The third-order valence-corrected chi connectivity index (χ3v) is 9.47. The molecule has 1 aliphatic heterocycles. The molecule has 1 aromatic heterocycles. The van der Waals surface area contributed by atoms with Crippen LogP contribution in [-0.4, -0.2) is 102 Å². The van der Waals surface area contributed by atoms with Crippen LogP contribution in [0.4, 0.5) is 18.9 Å². The number of anilines is 1. The number of amides is 2. The maximum Gasteiger partial charge on any atom is 0.389 e. The Bertz CT molecular complexity index is 1440. The molecule has 0 saturated heterocycles. The van der Waals surface area contributed by atoms with Crippen molar-refractivity contribution in [3.05, 3.63) is 36.3 Å². The lowest BCUT2D eigenvalue weighted by Crippen LogP contribution is -2.48. The Hall–Kier alpha value is -3.21. The van der Waals surface area contributed by atoms with Crippen molar-refractivity contribution >= 4 is 27.5 Å². The number of nitrogens with one attached hydrogen (secondary N) is 1. The van der Waals surface area contributed by atoms with Gasteiger partial charge in [0.05, 0.1) is 43.2 Å². The average Bonchev–Trinajstić information content (AvgIpc) is 3.44. The van der Waals surface area contributed by atoms with Crippen LogP contribution in [0.15, 0.2) is 35.7 Å². The van der Waals surface area contributed by atoms with Gasteiger partial charge in [0.15, 0.2) is 5.03 Å². The zero-order valence-electron chi connectivity index (χ0n) is 26.8. The van der Waals surface area contributed by atoms with Crippen molar-refractivity contribution in [3.8, 4) is 5.75 Å². The molecule has 258 valence electrons. The zero-order chi connectivity index (χ0) is 34.2. The van der Waals surface area contributed by atoms with Gasteiger partial charge in [-0.25, -0.2) is 13.4 Å². The van der Waals surface area contributed by atoms with Crippen molar-refractivity contribution in [2.45, 2.75) is 82.3 Å². The molecule has 0 aliphatic carbocycles. The molecule has 0 spiro atoms. The first-order valence-electron chi connectivity index (χ1n) is 15.2. The van der Waals surface area contributed by atoms with E-state index in [1.165, 1.54) is 51.5 Å². The van der Waals surface area contributed by atoms with Gasteiger partial charge in [0.25, 0.3) is 15.9 Å². The lowest BCUT2D eigenvalue weighted by Gasteiger charge is -2.35. The molecule has 0 fully saturated rings. The summed E-state index contributed by atoms with van der Waals surface area (Å²) in [7, 11) is -0.835. The number of hydrogen-bond acceptors (Lipinski definition) is 8. The number of rotatable bonds is 9. The number of halogens is 3. The quantitative estimate of drug-likeness (QED) is 0.409. The lowest BCUT2D eigenvalue weighted by molar-refractivity contribution is -0.142. The third kappa shape index (κ3) is 10.4. The second-order valence-corrected chi connectivity index (χ2v) is 13.8. The molecule has 16 heteroatoms. The van der Waals surface area contributed by atoms with Crippen LogP contribution in [0.2, 0.25) is 0 Å². The van der Waals surface area contributed by atoms with E-state index in [1.807, 2.05) is 13.8 Å². The summed E-state index contributed by atoms with van der Waals surface area (Å²) in [5.41, 5.74) is 0.168. The molecular formula is C30H44F3N5O7S. The summed E-state index contributed by atoms with van der Waals surface area (Å²) in [6, 6.07) is 3.61. The van der Waals surface area contributed by atoms with E-state index >= 15 is 0 Å². The average molecular weight is 676 g/mol. The normalized spacial score (nSPS) is 21.3. The van der Waals surface area contributed by atoms with E-state index in [0.29, 0.717) is 25.9 Å². The number of hydrogen-bond donors (Lipinski definition) is 2. The minimum absolute atomic E-state index is 0.0280. The van der Waals surface area contributed by atoms with Gasteiger partial charge in [-0.1, -0.05) is 6.92 Å². The fraction of sp³-hybridized carbons (Fsp3) is 0.633. The number of aryl methyl sites for hydroxylation is 1. The number of carbonyl (C=O) groups excluding carboxylic acids is 2. The number of alkyl halides is 3. The minimum atomic E-state index is -4.49. The van der Waals surface area contributed by atoms with Crippen LogP contribution in [0, 0.1) is 5.92 Å². The molecule has 46 heavy (non-hydrogen) atoms. The van der Waals surface area contributed by atoms with Crippen LogP contribution in [0.1, 0.15) is 63.2 Å². The summed E-state index contributed by atoms with van der Waals surface area (Å²) in [5, 5.41) is 12.4. The number of aromatic nitrogens is 2. The van der Waals surface area contributed by atoms with Gasteiger partial charge in [0.2, 0.25) is 5.91 Å². The molecule has 0 saturated carbocycles. The van der Waals surface area contributed by atoms with E-state index in [2.05, 4.69) is 10.3 Å². The first-order valence-corrected chi connectivity index (χ1v) is 16.6. The Kier molecular flexibility index (Phi) is 13.0. The number of aliphatic hydroxyl groups excluding tert-OH is 1. The maximum absolute atomic E-state index is 14.1. The molecule has 0 unspecified atom stereocenters. The van der Waals surface area contributed by atoms with Crippen molar-refractivity contribution in [1.82, 2.24) is 18.8 Å². The van der Waals surface area contributed by atoms with E-state index < -0.39 is 65.5 Å². The van der Waals surface area contributed by atoms with E-state index in [4.69, 9.17) is 9.47 Å². The molecule has 0 radical (unpaired) electrons. The van der Waals surface area contributed by atoms with Crippen molar-refractivity contribution in [2.75, 3.05) is 38.7 Å². The highest BCUT2D eigenvalue weighted by molar-refractivity contribution is 7.89. The number of likely N-dealkylation sites (N-methyl/N-ethyl adjacent to an activating group) is 1. The SMILES string of the molecule is C[C@@H]1CN([C@@H](C)CO)C(=O)c2cc(NC(=O)CCC(F)(F)F)ccc2O[C@@H](C)CCCCO[C@@H]1CN(C)S(=O)(=O)c1cn(C)cn1. The first kappa shape index (κ1) is 37.2. The van der Waals surface area contributed by atoms with Crippen molar-refractivity contribution in [2.24, 2.45) is 13.0 Å². The molecular weight excluding hydrogens is 631 g/mol. The van der Waals surface area contributed by atoms with E-state index in [0.717, 1.165) is 0 Å². The Morgan fingerprint density at radius 3 is 2.61 bits per heavy atom. The predicted octanol–water partition coefficient (Wildman–Crippen LogP) is 3.82. The molecule has 1 aliphatic rings. The molecule has 2 aromatic rings. The van der Waals surface area contributed by atoms with Gasteiger partial charge < -0.3 is 29.4 Å². The Morgan fingerprint density at radius 2 is 1.98 bits per heavy atom. The smallest absolute Gasteiger partial charge is 0.389 e. The summed E-state index contributed by atoms with van der Waals surface area (Å²) in [6.07, 6.45) is -2.74. The molecule has 2 N–H and O–H groups in total. The molecule has 0 bridgehead atoms. The van der Waals surface area contributed by atoms with Gasteiger partial charge in [-0.2, -0.15) is 17.5 Å². The van der Waals surface area contributed by atoms with Gasteiger partial charge in [0.1, 0.15) is 5.75 Å². The molecule has 2 heterocycles. The first-order chi connectivity index (χ1) is 21.5. The summed E-state index contributed by atoms with van der Waals surface area (Å²) in [6.45, 7) is 5.28. The summed E-state index contributed by atoms with van der Waals surface area (Å²) < 4.78 is 79.4. The van der Waals surface area contributed by atoms with Gasteiger partial charge in [-0.3, -0.25) is 9.59 Å². The molecule has 4 atom stereocenters.